The Labute approximate surface area is 119 Å². The molecule has 0 aliphatic heterocycles. The number of nitrogens with one attached hydrogen (secondary N) is 1. The molecule has 1 heterocycles. The van der Waals surface area contributed by atoms with Gasteiger partial charge in [0.25, 0.3) is 0 Å². The highest BCUT2D eigenvalue weighted by molar-refractivity contribution is 7.99. The van der Waals surface area contributed by atoms with Gasteiger partial charge >= 0.3 is 5.97 Å². The number of aromatic amines is 1. The van der Waals surface area contributed by atoms with Crippen LogP contribution in [-0.2, 0) is 9.59 Å². The first-order valence-corrected chi connectivity index (χ1v) is 6.59. The van der Waals surface area contributed by atoms with Crippen LogP contribution in [0.4, 0.5) is 0 Å². The molecule has 0 unspecified atom stereocenters. The van der Waals surface area contributed by atoms with E-state index in [4.69, 9.17) is 5.11 Å². The van der Waals surface area contributed by atoms with E-state index in [0.717, 1.165) is 9.92 Å². The zero-order valence-corrected chi connectivity index (χ0v) is 11.1. The Kier molecular flexibility index (Phi) is 4.37. The second-order valence-electron chi connectivity index (χ2n) is 3.98. The average Bonchev–Trinajstić information content (AvgIpc) is 2.88. The second-order valence-corrected chi connectivity index (χ2v) is 5.10. The molecular weight excluding hydrogens is 278 g/mol. The van der Waals surface area contributed by atoms with E-state index in [1.54, 1.807) is 12.1 Å². The Morgan fingerprint density at radius 1 is 1.05 bits per heavy atom. The molecule has 6 heteroatoms. The zero-order valence-electron chi connectivity index (χ0n) is 10.3. The number of benzene rings is 1. The van der Waals surface area contributed by atoms with Crippen molar-refractivity contribution < 1.29 is 19.5 Å². The number of aromatic nitrogens is 1. The number of carbonyl (C=O) groups excluding carboxylic acids is 2. The van der Waals surface area contributed by atoms with Crippen LogP contribution < -0.4 is 0 Å². The molecule has 2 rings (SSSR count). The van der Waals surface area contributed by atoms with Crippen molar-refractivity contribution >= 4 is 29.3 Å². The lowest BCUT2D eigenvalue weighted by atomic mass is 10.1. The van der Waals surface area contributed by atoms with Crippen molar-refractivity contribution in [2.75, 3.05) is 0 Å². The predicted molar refractivity (Wildman–Crippen MR) is 72.9 cm³/mol. The summed E-state index contributed by atoms with van der Waals surface area (Å²) in [4.78, 5) is 37.0. The maximum absolute atomic E-state index is 11.7. The van der Waals surface area contributed by atoms with E-state index < -0.39 is 24.0 Å². The first-order chi connectivity index (χ1) is 9.56. The molecule has 0 fully saturated rings. The fourth-order valence-corrected chi connectivity index (χ4v) is 2.37. The van der Waals surface area contributed by atoms with E-state index >= 15 is 0 Å². The van der Waals surface area contributed by atoms with Crippen molar-refractivity contribution in [2.24, 2.45) is 0 Å². The quantitative estimate of drug-likeness (QED) is 0.484. The molecule has 1 aromatic carbocycles. The number of ketones is 2. The van der Waals surface area contributed by atoms with E-state index in [0.29, 0.717) is 0 Å². The number of carboxylic acid groups (broad SMARTS) is 1. The number of rotatable bonds is 6. The summed E-state index contributed by atoms with van der Waals surface area (Å²) in [6, 6.07) is 12.8. The van der Waals surface area contributed by atoms with Crippen LogP contribution in [0.25, 0.3) is 0 Å². The topological polar surface area (TPSA) is 87.2 Å². The van der Waals surface area contributed by atoms with Gasteiger partial charge in [0, 0.05) is 4.90 Å². The van der Waals surface area contributed by atoms with Gasteiger partial charge in [-0.3, -0.25) is 9.59 Å². The summed E-state index contributed by atoms with van der Waals surface area (Å²) < 4.78 is 0. The minimum Gasteiger partial charge on any atom is -0.475 e. The molecule has 0 saturated carbocycles. The molecule has 5 nitrogen and oxygen atoms in total. The maximum atomic E-state index is 11.7. The SMILES string of the molecule is O=C(O)C(=O)CC(=O)c1ccc(Sc2ccccc2)[nH]1. The Hall–Kier alpha value is -2.34. The van der Waals surface area contributed by atoms with Gasteiger partial charge in [-0.2, -0.15) is 0 Å². The molecule has 20 heavy (non-hydrogen) atoms. The fourth-order valence-electron chi connectivity index (χ4n) is 1.53. The van der Waals surface area contributed by atoms with Crippen molar-refractivity contribution in [3.05, 3.63) is 48.2 Å². The molecule has 0 spiro atoms. The number of carbonyl (C=O) groups is 3. The van der Waals surface area contributed by atoms with Crippen LogP contribution in [0.15, 0.2) is 52.4 Å². The van der Waals surface area contributed by atoms with Gasteiger partial charge in [-0.1, -0.05) is 30.0 Å². The molecule has 0 saturated heterocycles. The molecule has 2 aromatic rings. The lowest BCUT2D eigenvalue weighted by molar-refractivity contribution is -0.148. The van der Waals surface area contributed by atoms with Crippen LogP contribution in [0.2, 0.25) is 0 Å². The lowest BCUT2D eigenvalue weighted by Gasteiger charge is -1.98. The van der Waals surface area contributed by atoms with E-state index in [-0.39, 0.29) is 5.69 Å². The summed E-state index contributed by atoms with van der Waals surface area (Å²) in [6.07, 6.45) is -0.634. The van der Waals surface area contributed by atoms with E-state index in [1.165, 1.54) is 11.8 Å². The minimum absolute atomic E-state index is 0.234. The Morgan fingerprint density at radius 3 is 2.40 bits per heavy atom. The van der Waals surface area contributed by atoms with Gasteiger partial charge < -0.3 is 10.1 Å². The first-order valence-electron chi connectivity index (χ1n) is 5.77. The normalized spacial score (nSPS) is 10.2. The minimum atomic E-state index is -1.59. The van der Waals surface area contributed by atoms with Gasteiger partial charge in [-0.25, -0.2) is 4.79 Å². The number of Topliss-reactive ketones (excluding diaryl/α,β-unsaturated/α-hetero) is 2. The molecule has 0 radical (unpaired) electrons. The molecule has 1 aromatic heterocycles. The summed E-state index contributed by atoms with van der Waals surface area (Å²) in [5.41, 5.74) is 0.234. The van der Waals surface area contributed by atoms with Crippen molar-refractivity contribution in [2.45, 2.75) is 16.3 Å². The highest BCUT2D eigenvalue weighted by Crippen LogP contribution is 2.26. The van der Waals surface area contributed by atoms with Gasteiger partial charge in [0.1, 0.15) is 0 Å². The molecular formula is C14H11NO4S. The molecule has 0 aliphatic carbocycles. The number of hydrogen-bond donors (Lipinski definition) is 2. The molecule has 2 N–H and O–H groups in total. The number of H-pyrrole nitrogens is 1. The van der Waals surface area contributed by atoms with Crippen molar-refractivity contribution in [3.8, 4) is 0 Å². The van der Waals surface area contributed by atoms with Crippen LogP contribution in [0.1, 0.15) is 16.9 Å². The van der Waals surface area contributed by atoms with Gasteiger partial charge in [-0.05, 0) is 24.3 Å². The summed E-state index contributed by atoms with van der Waals surface area (Å²) in [7, 11) is 0. The van der Waals surface area contributed by atoms with Crippen LogP contribution in [0.5, 0.6) is 0 Å². The monoisotopic (exact) mass is 289 g/mol. The third kappa shape index (κ3) is 3.58. The van der Waals surface area contributed by atoms with Crippen LogP contribution in [0.3, 0.4) is 0 Å². The lowest BCUT2D eigenvalue weighted by Crippen LogP contribution is -2.17. The number of aliphatic carboxylic acids is 1. The Balaban J connectivity index is 2.04. The standard InChI is InChI=1S/C14H11NO4S/c16-11(8-12(17)14(18)19)10-6-7-13(15-10)20-9-4-2-1-3-5-9/h1-7,15H,8H2,(H,18,19). The van der Waals surface area contributed by atoms with Crippen molar-refractivity contribution in [1.29, 1.82) is 0 Å². The van der Waals surface area contributed by atoms with Gasteiger partial charge in [0.15, 0.2) is 5.78 Å². The third-order valence-corrected chi connectivity index (χ3v) is 3.46. The number of hydrogen-bond acceptors (Lipinski definition) is 4. The first kappa shape index (κ1) is 14.1. The second kappa shape index (κ2) is 6.21. The smallest absolute Gasteiger partial charge is 0.372 e. The van der Waals surface area contributed by atoms with E-state index in [9.17, 15) is 14.4 Å². The third-order valence-electron chi connectivity index (χ3n) is 2.49. The molecule has 0 atom stereocenters. The van der Waals surface area contributed by atoms with Crippen molar-refractivity contribution in [1.82, 2.24) is 4.98 Å². The van der Waals surface area contributed by atoms with Crippen LogP contribution in [-0.4, -0.2) is 27.6 Å². The van der Waals surface area contributed by atoms with Gasteiger partial charge in [0.05, 0.1) is 17.1 Å². The maximum Gasteiger partial charge on any atom is 0.372 e. The Morgan fingerprint density at radius 2 is 1.75 bits per heavy atom. The average molecular weight is 289 g/mol. The van der Waals surface area contributed by atoms with Gasteiger partial charge in [0.2, 0.25) is 5.78 Å². The van der Waals surface area contributed by atoms with E-state index in [1.807, 2.05) is 30.3 Å². The highest BCUT2D eigenvalue weighted by atomic mass is 32.2. The number of carboxylic acids is 1. The molecule has 0 aliphatic rings. The summed E-state index contributed by atoms with van der Waals surface area (Å²) in [5, 5.41) is 9.21. The van der Waals surface area contributed by atoms with Crippen LogP contribution >= 0.6 is 11.8 Å². The summed E-state index contributed by atoms with van der Waals surface area (Å²) in [5.74, 6) is -3.23. The summed E-state index contributed by atoms with van der Waals surface area (Å²) >= 11 is 1.44. The summed E-state index contributed by atoms with van der Waals surface area (Å²) in [6.45, 7) is 0. The largest absolute Gasteiger partial charge is 0.475 e. The van der Waals surface area contributed by atoms with E-state index in [2.05, 4.69) is 4.98 Å². The molecule has 0 amide bonds. The zero-order chi connectivity index (χ0) is 14.5. The molecule has 102 valence electrons. The van der Waals surface area contributed by atoms with Gasteiger partial charge in [-0.15, -0.1) is 0 Å². The highest BCUT2D eigenvalue weighted by Gasteiger charge is 2.18. The fraction of sp³-hybridized carbons (Fsp3) is 0.0714. The molecule has 0 bridgehead atoms. The predicted octanol–water partition coefficient (Wildman–Crippen LogP) is 2.39. The van der Waals surface area contributed by atoms with Crippen molar-refractivity contribution in [3.63, 3.8) is 0 Å². The van der Waals surface area contributed by atoms with Crippen LogP contribution in [0, 0.1) is 0 Å². The Bertz CT molecular complexity index is 648.